The lowest BCUT2D eigenvalue weighted by atomic mass is 10.2. The van der Waals surface area contributed by atoms with E-state index in [1.54, 1.807) is 32.2 Å². The third-order valence-electron chi connectivity index (χ3n) is 1.58. The number of hydrogen-bond donors (Lipinski definition) is 3. The third kappa shape index (κ3) is 4.31. The number of nitrogen functional groups attached to an aromatic ring is 1. The molecule has 0 aliphatic carbocycles. The summed E-state index contributed by atoms with van der Waals surface area (Å²) in [5.41, 5.74) is 9.67. The zero-order chi connectivity index (χ0) is 13.1. The molecule has 0 spiro atoms. The summed E-state index contributed by atoms with van der Waals surface area (Å²) < 4.78 is 4.94. The first kappa shape index (κ1) is 13.3. The number of hydrazine groups is 1. The maximum absolute atomic E-state index is 11.5. The average Bonchev–Trinajstić information content (AvgIpc) is 2.58. The Balaban J connectivity index is 2.45. The molecule has 4 N–H and O–H groups in total. The van der Waals surface area contributed by atoms with Gasteiger partial charge in [-0.1, -0.05) is 0 Å². The number of nitrogens with two attached hydrogens (primary N) is 1. The molecule has 0 fully saturated rings. The number of hydrogen-bond acceptors (Lipinski definition) is 5. The van der Waals surface area contributed by atoms with Crippen LogP contribution in [-0.4, -0.2) is 17.6 Å². The van der Waals surface area contributed by atoms with Gasteiger partial charge in [-0.3, -0.25) is 10.2 Å². The molecule has 0 bridgehead atoms. The first-order valence-corrected chi connectivity index (χ1v) is 5.80. The second-order valence-electron chi connectivity index (χ2n) is 4.29. The van der Waals surface area contributed by atoms with Crippen molar-refractivity contribution in [3.8, 4) is 0 Å². The van der Waals surface area contributed by atoms with E-state index in [1.807, 2.05) is 0 Å². The Kier molecular flexibility index (Phi) is 3.95. The van der Waals surface area contributed by atoms with Gasteiger partial charge in [0.15, 0.2) is 0 Å². The fraction of sp³-hybridized carbons (Fsp3) is 0.400. The number of carbonyl (C=O) groups excluding carboxylic acids is 2. The third-order valence-corrected chi connectivity index (χ3v) is 2.51. The molecule has 1 heterocycles. The van der Waals surface area contributed by atoms with Crippen LogP contribution in [0.2, 0.25) is 0 Å². The van der Waals surface area contributed by atoms with Crippen LogP contribution in [0.3, 0.4) is 0 Å². The van der Waals surface area contributed by atoms with E-state index < -0.39 is 17.6 Å². The number of ether oxygens (including phenoxy) is 1. The highest BCUT2D eigenvalue weighted by Gasteiger charge is 2.17. The number of carbonyl (C=O) groups is 2. The summed E-state index contributed by atoms with van der Waals surface area (Å²) in [4.78, 5) is 23.1. The van der Waals surface area contributed by atoms with Crippen molar-refractivity contribution in [1.82, 2.24) is 10.9 Å². The fourth-order valence-corrected chi connectivity index (χ4v) is 1.68. The van der Waals surface area contributed by atoms with Gasteiger partial charge in [0.1, 0.15) is 10.5 Å². The molecule has 6 nitrogen and oxygen atoms in total. The summed E-state index contributed by atoms with van der Waals surface area (Å²) in [5, 5.41) is 1.69. The molecule has 2 amide bonds. The SMILES string of the molecule is CC(C)(C)OC(=O)NNC(=O)c1sccc1N. The molecule has 1 rings (SSSR count). The zero-order valence-electron chi connectivity index (χ0n) is 9.87. The average molecular weight is 257 g/mol. The Morgan fingerprint density at radius 2 is 2.00 bits per heavy atom. The zero-order valence-corrected chi connectivity index (χ0v) is 10.7. The Labute approximate surface area is 103 Å². The lowest BCUT2D eigenvalue weighted by Crippen LogP contribution is -2.44. The largest absolute Gasteiger partial charge is 0.443 e. The summed E-state index contributed by atoms with van der Waals surface area (Å²) >= 11 is 1.19. The van der Waals surface area contributed by atoms with E-state index >= 15 is 0 Å². The molecule has 1 aromatic rings. The molecule has 0 aliphatic heterocycles. The first-order valence-electron chi connectivity index (χ1n) is 4.92. The van der Waals surface area contributed by atoms with Crippen LogP contribution in [0.15, 0.2) is 11.4 Å². The predicted molar refractivity (Wildman–Crippen MR) is 65.6 cm³/mol. The topological polar surface area (TPSA) is 93.5 Å². The van der Waals surface area contributed by atoms with Gasteiger partial charge in [0.25, 0.3) is 5.91 Å². The van der Waals surface area contributed by atoms with Crippen molar-refractivity contribution in [2.75, 3.05) is 5.73 Å². The lowest BCUT2D eigenvalue weighted by molar-refractivity contribution is 0.0484. The minimum Gasteiger partial charge on any atom is -0.443 e. The minimum absolute atomic E-state index is 0.348. The van der Waals surface area contributed by atoms with Crippen LogP contribution in [-0.2, 0) is 4.74 Å². The molecule has 1 aromatic heterocycles. The van der Waals surface area contributed by atoms with Gasteiger partial charge in [-0.2, -0.15) is 0 Å². The molecule has 0 saturated heterocycles. The van der Waals surface area contributed by atoms with Crippen LogP contribution < -0.4 is 16.6 Å². The molecule has 94 valence electrons. The number of nitrogens with one attached hydrogen (secondary N) is 2. The summed E-state index contributed by atoms with van der Waals surface area (Å²) in [6, 6.07) is 1.62. The molecule has 0 atom stereocenters. The molecule has 7 heteroatoms. The van der Waals surface area contributed by atoms with Gasteiger partial charge in [-0.05, 0) is 32.2 Å². The molecule has 0 radical (unpaired) electrons. The van der Waals surface area contributed by atoms with Crippen LogP contribution in [0.25, 0.3) is 0 Å². The standard InChI is InChI=1S/C10H15N3O3S/c1-10(2,3)16-9(15)13-12-8(14)7-6(11)4-5-17-7/h4-5H,11H2,1-3H3,(H,12,14)(H,13,15). The van der Waals surface area contributed by atoms with Crippen molar-refractivity contribution in [2.24, 2.45) is 0 Å². The second kappa shape index (κ2) is 5.05. The Morgan fingerprint density at radius 1 is 1.35 bits per heavy atom. The molecular formula is C10H15N3O3S. The highest BCUT2D eigenvalue weighted by Crippen LogP contribution is 2.17. The fourth-order valence-electron chi connectivity index (χ4n) is 0.972. The summed E-state index contributed by atoms with van der Waals surface area (Å²) in [6.45, 7) is 5.18. The van der Waals surface area contributed by atoms with Crippen LogP contribution in [0.5, 0.6) is 0 Å². The maximum Gasteiger partial charge on any atom is 0.426 e. The Bertz CT molecular complexity index is 423. The van der Waals surface area contributed by atoms with Crippen molar-refractivity contribution >= 4 is 29.0 Å². The van der Waals surface area contributed by atoms with E-state index in [0.29, 0.717) is 10.6 Å². The molecular weight excluding hydrogens is 242 g/mol. The summed E-state index contributed by atoms with van der Waals surface area (Å²) in [5.74, 6) is -0.469. The van der Waals surface area contributed by atoms with Crippen molar-refractivity contribution in [2.45, 2.75) is 26.4 Å². The second-order valence-corrected chi connectivity index (χ2v) is 5.20. The van der Waals surface area contributed by atoms with E-state index in [0.717, 1.165) is 0 Å². The molecule has 0 unspecified atom stereocenters. The van der Waals surface area contributed by atoms with Crippen LogP contribution in [0, 0.1) is 0 Å². The highest BCUT2D eigenvalue weighted by molar-refractivity contribution is 7.12. The van der Waals surface area contributed by atoms with Crippen LogP contribution in [0.1, 0.15) is 30.4 Å². The summed E-state index contributed by atoms with van der Waals surface area (Å²) in [7, 11) is 0. The Morgan fingerprint density at radius 3 is 2.47 bits per heavy atom. The van der Waals surface area contributed by atoms with Crippen molar-refractivity contribution in [3.63, 3.8) is 0 Å². The normalized spacial score (nSPS) is 10.8. The maximum atomic E-state index is 11.5. The van der Waals surface area contributed by atoms with E-state index in [4.69, 9.17) is 10.5 Å². The first-order chi connectivity index (χ1) is 7.79. The molecule has 0 aromatic carbocycles. The molecule has 0 saturated carbocycles. The number of rotatable bonds is 1. The summed E-state index contributed by atoms with van der Waals surface area (Å²) in [6.07, 6.45) is -0.721. The van der Waals surface area contributed by atoms with Crippen LogP contribution in [0.4, 0.5) is 10.5 Å². The number of thiophene rings is 1. The van der Waals surface area contributed by atoms with Crippen molar-refractivity contribution in [3.05, 3.63) is 16.3 Å². The predicted octanol–water partition coefficient (Wildman–Crippen LogP) is 1.50. The molecule has 17 heavy (non-hydrogen) atoms. The van der Waals surface area contributed by atoms with Gasteiger partial charge in [0.05, 0.1) is 5.69 Å². The van der Waals surface area contributed by atoms with Gasteiger partial charge < -0.3 is 10.5 Å². The van der Waals surface area contributed by atoms with E-state index in [9.17, 15) is 9.59 Å². The van der Waals surface area contributed by atoms with Crippen molar-refractivity contribution in [1.29, 1.82) is 0 Å². The van der Waals surface area contributed by atoms with E-state index in [2.05, 4.69) is 10.9 Å². The lowest BCUT2D eigenvalue weighted by Gasteiger charge is -2.19. The number of amides is 2. The van der Waals surface area contributed by atoms with Gasteiger partial charge in [-0.25, -0.2) is 10.2 Å². The number of anilines is 1. The van der Waals surface area contributed by atoms with Crippen molar-refractivity contribution < 1.29 is 14.3 Å². The van der Waals surface area contributed by atoms with Gasteiger partial charge in [0.2, 0.25) is 0 Å². The quantitative estimate of drug-likeness (QED) is 0.664. The molecule has 0 aliphatic rings. The minimum atomic E-state index is -0.721. The highest BCUT2D eigenvalue weighted by atomic mass is 32.1. The van der Waals surface area contributed by atoms with E-state index in [1.165, 1.54) is 11.3 Å². The Hall–Kier alpha value is -1.76. The smallest absolute Gasteiger partial charge is 0.426 e. The van der Waals surface area contributed by atoms with Gasteiger partial charge in [-0.15, -0.1) is 11.3 Å². The van der Waals surface area contributed by atoms with Gasteiger partial charge in [0, 0.05) is 0 Å². The van der Waals surface area contributed by atoms with Crippen LogP contribution >= 0.6 is 11.3 Å². The van der Waals surface area contributed by atoms with E-state index in [-0.39, 0.29) is 0 Å². The van der Waals surface area contributed by atoms with Gasteiger partial charge >= 0.3 is 6.09 Å². The monoisotopic (exact) mass is 257 g/mol.